The van der Waals surface area contributed by atoms with Crippen LogP contribution < -0.4 is 9.47 Å². The summed E-state index contributed by atoms with van der Waals surface area (Å²) in [5.41, 5.74) is 1.93. The zero-order valence-electron chi connectivity index (χ0n) is 19.0. The molecule has 3 aromatic rings. The van der Waals surface area contributed by atoms with Gasteiger partial charge in [0.2, 0.25) is 6.29 Å². The van der Waals surface area contributed by atoms with Gasteiger partial charge in [-0.05, 0) is 35.4 Å². The van der Waals surface area contributed by atoms with Crippen LogP contribution in [0.3, 0.4) is 0 Å². The average Bonchev–Trinajstić information content (AvgIpc) is 2.88. The molecule has 1 fully saturated rings. The summed E-state index contributed by atoms with van der Waals surface area (Å²) in [7, 11) is 1.59. The second-order valence-corrected chi connectivity index (χ2v) is 8.08. The first-order valence-corrected chi connectivity index (χ1v) is 11.2. The second-order valence-electron chi connectivity index (χ2n) is 8.08. The Bertz CT molecular complexity index is 979. The third-order valence-electron chi connectivity index (χ3n) is 5.64. The highest BCUT2D eigenvalue weighted by molar-refractivity contribution is 5.31. The van der Waals surface area contributed by atoms with Crippen LogP contribution in [-0.4, -0.2) is 54.6 Å². The van der Waals surface area contributed by atoms with Gasteiger partial charge in [0, 0.05) is 0 Å². The Labute approximate surface area is 199 Å². The minimum atomic E-state index is -1.23. The molecular weight excluding hydrogens is 436 g/mol. The summed E-state index contributed by atoms with van der Waals surface area (Å²) in [6.07, 6.45) is -5.10. The van der Waals surface area contributed by atoms with Gasteiger partial charge in [-0.15, -0.1) is 0 Å². The van der Waals surface area contributed by atoms with Crippen molar-refractivity contribution in [1.82, 2.24) is 0 Å². The molecule has 3 aromatic carbocycles. The van der Waals surface area contributed by atoms with Crippen LogP contribution in [0.1, 0.15) is 11.1 Å². The van der Waals surface area contributed by atoms with E-state index in [0.29, 0.717) is 18.1 Å². The third kappa shape index (κ3) is 6.34. The predicted octanol–water partition coefficient (Wildman–Crippen LogP) is 3.32. The lowest BCUT2D eigenvalue weighted by atomic mass is 9.99. The fraction of sp³-hybridized carbons (Fsp3) is 0.333. The minimum Gasteiger partial charge on any atom is -0.497 e. The first-order valence-electron chi connectivity index (χ1n) is 11.2. The molecular formula is C27H30O7. The molecule has 34 heavy (non-hydrogen) atoms. The first kappa shape index (κ1) is 24.2. The molecule has 0 spiro atoms. The van der Waals surface area contributed by atoms with Crippen molar-refractivity contribution in [3.8, 4) is 11.5 Å². The Morgan fingerprint density at radius 1 is 0.735 bits per heavy atom. The molecule has 0 saturated carbocycles. The average molecular weight is 467 g/mol. The van der Waals surface area contributed by atoms with Crippen LogP contribution in [0.4, 0.5) is 0 Å². The van der Waals surface area contributed by atoms with Crippen LogP contribution in [0.2, 0.25) is 0 Å². The van der Waals surface area contributed by atoms with Gasteiger partial charge in [0.1, 0.15) is 35.9 Å². The Morgan fingerprint density at radius 3 is 1.94 bits per heavy atom. The van der Waals surface area contributed by atoms with E-state index < -0.39 is 30.7 Å². The number of methoxy groups -OCH3 is 1. The number of aliphatic hydroxyl groups is 2. The van der Waals surface area contributed by atoms with Crippen molar-refractivity contribution in [3.63, 3.8) is 0 Å². The zero-order chi connectivity index (χ0) is 23.8. The summed E-state index contributed by atoms with van der Waals surface area (Å²) in [5.74, 6) is 1.21. The van der Waals surface area contributed by atoms with Crippen molar-refractivity contribution in [1.29, 1.82) is 0 Å². The number of aliphatic hydroxyl groups excluding tert-OH is 2. The topological polar surface area (TPSA) is 86.6 Å². The quantitative estimate of drug-likeness (QED) is 0.474. The van der Waals surface area contributed by atoms with Crippen LogP contribution in [0.25, 0.3) is 0 Å². The maximum absolute atomic E-state index is 10.9. The van der Waals surface area contributed by atoms with Gasteiger partial charge in [-0.2, -0.15) is 0 Å². The molecule has 0 amide bonds. The van der Waals surface area contributed by atoms with E-state index in [9.17, 15) is 10.2 Å². The molecule has 1 heterocycles. The molecule has 0 aliphatic carbocycles. The van der Waals surface area contributed by atoms with Gasteiger partial charge in [0.15, 0.2) is 0 Å². The molecule has 1 aliphatic rings. The second kappa shape index (κ2) is 12.0. The fourth-order valence-electron chi connectivity index (χ4n) is 3.74. The lowest BCUT2D eigenvalue weighted by Gasteiger charge is -2.42. The highest BCUT2D eigenvalue weighted by atomic mass is 16.7. The van der Waals surface area contributed by atoms with E-state index in [2.05, 4.69) is 0 Å². The van der Waals surface area contributed by atoms with Crippen molar-refractivity contribution < 1.29 is 33.9 Å². The zero-order valence-corrected chi connectivity index (χ0v) is 19.0. The predicted molar refractivity (Wildman–Crippen MR) is 125 cm³/mol. The molecule has 1 saturated heterocycles. The standard InChI is InChI=1S/C27H30O7/c1-30-21-12-14-22(15-13-21)33-27-26(32-17-20-10-6-3-7-11-20)25(29)24(28)23(34-27)18-31-16-19-8-4-2-5-9-19/h2-15,23-29H,16-18H2,1H3. The highest BCUT2D eigenvalue weighted by Crippen LogP contribution is 2.28. The van der Waals surface area contributed by atoms with Crippen LogP contribution in [-0.2, 0) is 27.4 Å². The number of ether oxygens (including phenoxy) is 5. The maximum Gasteiger partial charge on any atom is 0.229 e. The Hall–Kier alpha value is -2.94. The summed E-state index contributed by atoms with van der Waals surface area (Å²) in [5, 5.41) is 21.7. The summed E-state index contributed by atoms with van der Waals surface area (Å²) >= 11 is 0. The number of rotatable bonds is 10. The molecule has 0 aromatic heterocycles. The summed E-state index contributed by atoms with van der Waals surface area (Å²) in [4.78, 5) is 0. The van der Waals surface area contributed by atoms with Crippen molar-refractivity contribution in [3.05, 3.63) is 96.1 Å². The van der Waals surface area contributed by atoms with Crippen molar-refractivity contribution in [2.45, 2.75) is 43.9 Å². The molecule has 5 unspecified atom stereocenters. The van der Waals surface area contributed by atoms with Crippen LogP contribution in [0, 0.1) is 0 Å². The Balaban J connectivity index is 1.45. The molecule has 0 radical (unpaired) electrons. The summed E-state index contributed by atoms with van der Waals surface area (Å²) in [6.45, 7) is 0.679. The van der Waals surface area contributed by atoms with Gasteiger partial charge in [-0.3, -0.25) is 0 Å². The summed E-state index contributed by atoms with van der Waals surface area (Å²) < 4.78 is 29.0. The Morgan fingerprint density at radius 2 is 1.32 bits per heavy atom. The molecule has 180 valence electrons. The molecule has 0 bridgehead atoms. The van der Waals surface area contributed by atoms with Gasteiger partial charge in [-0.1, -0.05) is 60.7 Å². The van der Waals surface area contributed by atoms with E-state index in [1.807, 2.05) is 60.7 Å². The lowest BCUT2D eigenvalue weighted by molar-refractivity contribution is -0.292. The fourth-order valence-corrected chi connectivity index (χ4v) is 3.74. The molecule has 5 atom stereocenters. The van der Waals surface area contributed by atoms with Gasteiger partial charge in [-0.25, -0.2) is 0 Å². The Kier molecular flexibility index (Phi) is 8.51. The van der Waals surface area contributed by atoms with E-state index in [4.69, 9.17) is 23.7 Å². The number of hydrogen-bond donors (Lipinski definition) is 2. The highest BCUT2D eigenvalue weighted by Gasteiger charge is 2.46. The van der Waals surface area contributed by atoms with E-state index in [1.165, 1.54) is 0 Å². The van der Waals surface area contributed by atoms with Crippen molar-refractivity contribution >= 4 is 0 Å². The van der Waals surface area contributed by atoms with Crippen LogP contribution >= 0.6 is 0 Å². The number of hydrogen-bond acceptors (Lipinski definition) is 7. The van der Waals surface area contributed by atoms with Crippen molar-refractivity contribution in [2.75, 3.05) is 13.7 Å². The molecule has 4 rings (SSSR count). The van der Waals surface area contributed by atoms with Gasteiger partial charge in [0.25, 0.3) is 0 Å². The van der Waals surface area contributed by atoms with E-state index in [0.717, 1.165) is 11.1 Å². The maximum atomic E-state index is 10.9. The smallest absolute Gasteiger partial charge is 0.229 e. The normalized spacial score (nSPS) is 24.5. The third-order valence-corrected chi connectivity index (χ3v) is 5.64. The van der Waals surface area contributed by atoms with E-state index >= 15 is 0 Å². The number of benzene rings is 3. The van der Waals surface area contributed by atoms with E-state index in [-0.39, 0.29) is 13.2 Å². The molecule has 7 nitrogen and oxygen atoms in total. The molecule has 7 heteroatoms. The molecule has 2 N–H and O–H groups in total. The van der Waals surface area contributed by atoms with E-state index in [1.54, 1.807) is 31.4 Å². The van der Waals surface area contributed by atoms with Gasteiger partial charge < -0.3 is 33.9 Å². The van der Waals surface area contributed by atoms with Crippen LogP contribution in [0.5, 0.6) is 11.5 Å². The SMILES string of the molecule is COc1ccc(OC2OC(COCc3ccccc3)C(O)C(O)C2OCc2ccccc2)cc1. The lowest BCUT2D eigenvalue weighted by Crippen LogP contribution is -2.61. The largest absolute Gasteiger partial charge is 0.497 e. The monoisotopic (exact) mass is 466 g/mol. The van der Waals surface area contributed by atoms with Crippen molar-refractivity contribution in [2.24, 2.45) is 0 Å². The first-order chi connectivity index (χ1) is 16.6. The van der Waals surface area contributed by atoms with Gasteiger partial charge >= 0.3 is 0 Å². The summed E-state index contributed by atoms with van der Waals surface area (Å²) in [6, 6.07) is 26.3. The molecule has 1 aliphatic heterocycles. The van der Waals surface area contributed by atoms with Gasteiger partial charge in [0.05, 0.1) is 26.9 Å². The van der Waals surface area contributed by atoms with Crippen LogP contribution in [0.15, 0.2) is 84.9 Å². The minimum absolute atomic E-state index is 0.0843.